The topological polar surface area (TPSA) is 143 Å². The molecule has 12 nitrogen and oxygen atoms in total. The van der Waals surface area contributed by atoms with Crippen molar-refractivity contribution in [3.63, 3.8) is 0 Å². The number of amides is 2. The second kappa shape index (κ2) is 11.5. The quantitative estimate of drug-likeness (QED) is 0.301. The Hall–Kier alpha value is -3.91. The highest BCUT2D eigenvalue weighted by Gasteiger charge is 2.26. The molecule has 0 aromatic carbocycles. The molecule has 1 fully saturated rings. The highest BCUT2D eigenvalue weighted by atomic mass is 32.1. The van der Waals surface area contributed by atoms with E-state index >= 15 is 0 Å². The number of carbonyl (C=O) groups is 2. The van der Waals surface area contributed by atoms with Gasteiger partial charge in [0, 0.05) is 25.5 Å². The van der Waals surface area contributed by atoms with Crippen LogP contribution in [0.25, 0.3) is 15.3 Å². The van der Waals surface area contributed by atoms with Gasteiger partial charge in [0.2, 0.25) is 11.8 Å². The van der Waals surface area contributed by atoms with E-state index in [4.69, 9.17) is 9.47 Å². The molecule has 0 radical (unpaired) electrons. The van der Waals surface area contributed by atoms with Gasteiger partial charge in [-0.25, -0.2) is 9.50 Å². The van der Waals surface area contributed by atoms with E-state index in [1.165, 1.54) is 17.5 Å². The molecule has 0 aliphatic carbocycles. The SMILES string of the molecule is COc1ncccc1-c1cn2ncc(C(=O)Nc3cc(NC(=O)CN4C[C@H](CO)O[C@H](C)C4)cnc3C)c2s1. The molecule has 0 unspecified atom stereocenters. The van der Waals surface area contributed by atoms with Crippen molar-refractivity contribution in [1.82, 2.24) is 24.5 Å². The summed E-state index contributed by atoms with van der Waals surface area (Å²) in [6.45, 7) is 4.80. The van der Waals surface area contributed by atoms with Crippen LogP contribution in [0.5, 0.6) is 5.88 Å². The molecule has 5 rings (SSSR count). The number of rotatable bonds is 8. The van der Waals surface area contributed by atoms with Crippen LogP contribution in [0.15, 0.2) is 43.0 Å². The molecule has 1 saturated heterocycles. The van der Waals surface area contributed by atoms with Gasteiger partial charge in [0.15, 0.2) is 0 Å². The van der Waals surface area contributed by atoms with Crippen LogP contribution in [0.3, 0.4) is 0 Å². The Bertz CT molecular complexity index is 1500. The van der Waals surface area contributed by atoms with Crippen LogP contribution in [0.1, 0.15) is 23.0 Å². The van der Waals surface area contributed by atoms with Crippen molar-refractivity contribution in [2.24, 2.45) is 0 Å². The van der Waals surface area contributed by atoms with Crippen molar-refractivity contribution in [2.45, 2.75) is 26.1 Å². The smallest absolute Gasteiger partial charge is 0.260 e. The number of morpholine rings is 1. The summed E-state index contributed by atoms with van der Waals surface area (Å²) in [6.07, 6.45) is 6.16. The lowest BCUT2D eigenvalue weighted by Gasteiger charge is -2.35. The number of thiazole rings is 1. The van der Waals surface area contributed by atoms with E-state index in [1.807, 2.05) is 30.2 Å². The highest BCUT2D eigenvalue weighted by Crippen LogP contribution is 2.35. The second-order valence-electron chi connectivity index (χ2n) is 9.27. The number of nitrogens with one attached hydrogen (secondary N) is 2. The molecule has 0 bridgehead atoms. The van der Waals surface area contributed by atoms with E-state index in [1.54, 1.807) is 37.0 Å². The number of ether oxygens (including phenoxy) is 2. The van der Waals surface area contributed by atoms with Crippen LogP contribution < -0.4 is 15.4 Å². The molecular weight excluding hydrogens is 522 g/mol. The standard InChI is InChI=1S/C26H29N7O5S/c1-15-10-32(11-18(14-34)38-15)13-23(35)30-17-7-21(16(2)28-8-17)31-24(36)20-9-29-33-12-22(39-26(20)33)19-5-4-6-27-25(19)37-3/h4-9,12,15,18,34H,10-11,13-14H2,1-3H3,(H,30,35)(H,31,36)/t15-,18-/m1/s1. The number of nitrogens with zero attached hydrogens (tertiary/aromatic N) is 5. The highest BCUT2D eigenvalue weighted by molar-refractivity contribution is 7.21. The number of methoxy groups -OCH3 is 1. The minimum absolute atomic E-state index is 0.0762. The molecular formula is C26H29N7O5S. The van der Waals surface area contributed by atoms with E-state index in [2.05, 4.69) is 25.7 Å². The molecule has 1 aliphatic rings. The summed E-state index contributed by atoms with van der Waals surface area (Å²) in [6, 6.07) is 5.40. The molecule has 1 aliphatic heterocycles. The summed E-state index contributed by atoms with van der Waals surface area (Å²) in [5.41, 5.74) is 2.75. The fraction of sp³-hybridized carbons (Fsp3) is 0.346. The summed E-state index contributed by atoms with van der Waals surface area (Å²) < 4.78 is 12.7. The lowest BCUT2D eigenvalue weighted by molar-refractivity contribution is -0.124. The van der Waals surface area contributed by atoms with E-state index in [-0.39, 0.29) is 37.2 Å². The largest absolute Gasteiger partial charge is 0.481 e. The number of aliphatic hydroxyl groups is 1. The molecule has 4 aromatic rings. The van der Waals surface area contributed by atoms with Crippen molar-refractivity contribution >= 4 is 39.4 Å². The molecule has 0 saturated carbocycles. The fourth-order valence-electron chi connectivity index (χ4n) is 4.50. The fourth-order valence-corrected chi connectivity index (χ4v) is 5.57. The zero-order valence-corrected chi connectivity index (χ0v) is 22.6. The van der Waals surface area contributed by atoms with Gasteiger partial charge >= 0.3 is 0 Å². The van der Waals surface area contributed by atoms with E-state index in [0.717, 1.165) is 10.4 Å². The number of hydrogen-bond donors (Lipinski definition) is 3. The number of pyridine rings is 2. The average molecular weight is 552 g/mol. The summed E-state index contributed by atoms with van der Waals surface area (Å²) in [7, 11) is 1.56. The van der Waals surface area contributed by atoms with Crippen LogP contribution in [-0.2, 0) is 9.53 Å². The Morgan fingerprint density at radius 1 is 1.26 bits per heavy atom. The second-order valence-corrected chi connectivity index (χ2v) is 10.3. The Balaban J connectivity index is 1.29. The first-order valence-electron chi connectivity index (χ1n) is 12.4. The zero-order chi connectivity index (χ0) is 27.5. The summed E-state index contributed by atoms with van der Waals surface area (Å²) >= 11 is 1.40. The third kappa shape index (κ3) is 5.91. The van der Waals surface area contributed by atoms with Gasteiger partial charge in [0.1, 0.15) is 4.83 Å². The first kappa shape index (κ1) is 26.7. The average Bonchev–Trinajstić information content (AvgIpc) is 3.51. The number of fused-ring (bicyclic) bond motifs is 1. The van der Waals surface area contributed by atoms with Gasteiger partial charge in [-0.05, 0) is 32.0 Å². The maximum atomic E-state index is 13.2. The van der Waals surface area contributed by atoms with Crippen LogP contribution in [0.4, 0.5) is 11.4 Å². The van der Waals surface area contributed by atoms with Gasteiger partial charge < -0.3 is 25.2 Å². The Labute approximate surface area is 228 Å². The zero-order valence-electron chi connectivity index (χ0n) is 21.7. The Morgan fingerprint density at radius 3 is 2.90 bits per heavy atom. The van der Waals surface area contributed by atoms with Gasteiger partial charge in [-0.1, -0.05) is 0 Å². The summed E-state index contributed by atoms with van der Waals surface area (Å²) in [5.74, 6) is -0.0776. The van der Waals surface area contributed by atoms with Gasteiger partial charge in [-0.15, -0.1) is 11.3 Å². The predicted octanol–water partition coefficient (Wildman–Crippen LogP) is 2.44. The predicted molar refractivity (Wildman–Crippen MR) is 146 cm³/mol. The maximum Gasteiger partial charge on any atom is 0.260 e. The van der Waals surface area contributed by atoms with Crippen molar-refractivity contribution in [1.29, 1.82) is 0 Å². The number of aryl methyl sites for hydroxylation is 1. The minimum Gasteiger partial charge on any atom is -0.481 e. The number of carbonyl (C=O) groups excluding carboxylic acids is 2. The number of anilines is 2. The van der Waals surface area contributed by atoms with Crippen molar-refractivity contribution in [3.05, 3.63) is 54.2 Å². The van der Waals surface area contributed by atoms with Crippen LogP contribution >= 0.6 is 11.3 Å². The number of hydrogen-bond acceptors (Lipinski definition) is 10. The lowest BCUT2D eigenvalue weighted by Crippen LogP contribution is -2.50. The van der Waals surface area contributed by atoms with Gasteiger partial charge in [0.25, 0.3) is 5.91 Å². The molecule has 3 N–H and O–H groups in total. The molecule has 13 heteroatoms. The van der Waals surface area contributed by atoms with Crippen molar-refractivity contribution < 1.29 is 24.2 Å². The molecule has 2 amide bonds. The minimum atomic E-state index is -0.345. The molecule has 2 atom stereocenters. The molecule has 39 heavy (non-hydrogen) atoms. The van der Waals surface area contributed by atoms with Gasteiger partial charge in [0.05, 0.1) is 77.9 Å². The molecule has 4 aromatic heterocycles. The molecule has 204 valence electrons. The van der Waals surface area contributed by atoms with Crippen LogP contribution in [-0.4, -0.2) is 87.0 Å². The Kier molecular flexibility index (Phi) is 7.84. The molecule has 5 heterocycles. The normalized spacial score (nSPS) is 17.7. The van der Waals surface area contributed by atoms with Crippen LogP contribution in [0.2, 0.25) is 0 Å². The molecule has 0 spiro atoms. The van der Waals surface area contributed by atoms with Gasteiger partial charge in [-0.2, -0.15) is 5.10 Å². The number of aliphatic hydroxyl groups excluding tert-OH is 1. The van der Waals surface area contributed by atoms with E-state index in [9.17, 15) is 14.7 Å². The van der Waals surface area contributed by atoms with Crippen molar-refractivity contribution in [3.8, 4) is 16.3 Å². The Morgan fingerprint density at radius 2 is 2.10 bits per heavy atom. The first-order chi connectivity index (χ1) is 18.8. The van der Waals surface area contributed by atoms with Crippen LogP contribution in [0, 0.1) is 6.92 Å². The number of aromatic nitrogens is 4. The van der Waals surface area contributed by atoms with E-state index in [0.29, 0.717) is 46.4 Å². The lowest BCUT2D eigenvalue weighted by atomic mass is 10.2. The maximum absolute atomic E-state index is 13.2. The monoisotopic (exact) mass is 551 g/mol. The van der Waals surface area contributed by atoms with Gasteiger partial charge in [-0.3, -0.25) is 19.5 Å². The third-order valence-electron chi connectivity index (χ3n) is 6.26. The van der Waals surface area contributed by atoms with Crippen molar-refractivity contribution in [2.75, 3.05) is 44.0 Å². The summed E-state index contributed by atoms with van der Waals surface area (Å²) in [5, 5.41) is 19.5. The summed E-state index contributed by atoms with van der Waals surface area (Å²) in [4.78, 5) is 38.0. The van der Waals surface area contributed by atoms with E-state index < -0.39 is 0 Å². The third-order valence-corrected chi connectivity index (χ3v) is 7.41. The first-order valence-corrected chi connectivity index (χ1v) is 13.2.